The summed E-state index contributed by atoms with van der Waals surface area (Å²) in [5.41, 5.74) is 1.70. The molecule has 7 heteroatoms. The van der Waals surface area contributed by atoms with Gasteiger partial charge >= 0.3 is 0 Å². The highest BCUT2D eigenvalue weighted by atomic mass is 35.5. The fourth-order valence-corrected chi connectivity index (χ4v) is 2.54. The van der Waals surface area contributed by atoms with Crippen molar-refractivity contribution in [2.75, 3.05) is 7.05 Å². The van der Waals surface area contributed by atoms with E-state index in [1.54, 1.807) is 43.6 Å². The van der Waals surface area contributed by atoms with Crippen molar-refractivity contribution in [3.8, 4) is 11.4 Å². The maximum absolute atomic E-state index is 12.5. The van der Waals surface area contributed by atoms with E-state index in [0.29, 0.717) is 17.3 Å². The van der Waals surface area contributed by atoms with E-state index in [1.807, 2.05) is 18.2 Å². The Morgan fingerprint density at radius 3 is 2.79 bits per heavy atom. The molecule has 2 aromatic carbocycles. The lowest BCUT2D eigenvalue weighted by molar-refractivity contribution is 0.0779. The van der Waals surface area contributed by atoms with E-state index in [-0.39, 0.29) is 17.4 Å². The molecule has 0 saturated heterocycles. The number of carbonyl (C=O) groups is 1. The molecule has 1 heterocycles. The molecule has 0 spiro atoms. The number of aromatic nitrogens is 3. The average Bonchev–Trinajstić information content (AvgIpc) is 3.04. The Morgan fingerprint density at radius 2 is 2.04 bits per heavy atom. The SMILES string of the molecule is CN(Cc1cccc(O)c1)C(=O)c1cn(-c2ccccc2Cl)nn1. The van der Waals surface area contributed by atoms with Crippen molar-refractivity contribution in [1.29, 1.82) is 0 Å². The van der Waals surface area contributed by atoms with Gasteiger partial charge < -0.3 is 10.0 Å². The smallest absolute Gasteiger partial charge is 0.276 e. The zero-order valence-corrected chi connectivity index (χ0v) is 13.7. The molecule has 1 aromatic heterocycles. The van der Waals surface area contributed by atoms with Crippen molar-refractivity contribution in [3.05, 3.63) is 71.0 Å². The van der Waals surface area contributed by atoms with Gasteiger partial charge in [-0.1, -0.05) is 41.1 Å². The number of rotatable bonds is 4. The van der Waals surface area contributed by atoms with E-state index in [4.69, 9.17) is 11.6 Å². The molecule has 0 unspecified atom stereocenters. The van der Waals surface area contributed by atoms with Gasteiger partial charge in [0.2, 0.25) is 0 Å². The van der Waals surface area contributed by atoms with E-state index < -0.39 is 0 Å². The van der Waals surface area contributed by atoms with Gasteiger partial charge in [0.1, 0.15) is 5.75 Å². The highest BCUT2D eigenvalue weighted by molar-refractivity contribution is 6.32. The van der Waals surface area contributed by atoms with Crippen LogP contribution in [0.25, 0.3) is 5.69 Å². The molecule has 0 fully saturated rings. The minimum Gasteiger partial charge on any atom is -0.508 e. The molecule has 0 bridgehead atoms. The number of carbonyl (C=O) groups excluding carboxylic acids is 1. The molecular formula is C17H15ClN4O2. The predicted octanol–water partition coefficient (Wildman–Crippen LogP) is 2.90. The third-order valence-corrected chi connectivity index (χ3v) is 3.81. The average molecular weight is 343 g/mol. The van der Waals surface area contributed by atoms with Crippen molar-refractivity contribution in [2.24, 2.45) is 0 Å². The summed E-state index contributed by atoms with van der Waals surface area (Å²) in [6.07, 6.45) is 1.54. The normalized spacial score (nSPS) is 10.6. The fourth-order valence-electron chi connectivity index (χ4n) is 2.31. The van der Waals surface area contributed by atoms with E-state index in [9.17, 15) is 9.90 Å². The minimum atomic E-state index is -0.267. The van der Waals surface area contributed by atoms with Gasteiger partial charge in [-0.2, -0.15) is 0 Å². The zero-order valence-electron chi connectivity index (χ0n) is 12.9. The summed E-state index contributed by atoms with van der Waals surface area (Å²) in [5.74, 6) is -0.102. The topological polar surface area (TPSA) is 71.2 Å². The Balaban J connectivity index is 1.77. The minimum absolute atomic E-state index is 0.165. The van der Waals surface area contributed by atoms with Gasteiger partial charge in [0.05, 0.1) is 16.9 Å². The van der Waals surface area contributed by atoms with Crippen LogP contribution in [0.5, 0.6) is 5.75 Å². The number of amides is 1. The van der Waals surface area contributed by atoms with Gasteiger partial charge in [-0.15, -0.1) is 5.10 Å². The molecule has 0 radical (unpaired) electrons. The first-order chi connectivity index (χ1) is 11.5. The van der Waals surface area contributed by atoms with Crippen molar-refractivity contribution >= 4 is 17.5 Å². The summed E-state index contributed by atoms with van der Waals surface area (Å²) >= 11 is 6.12. The Labute approximate surface area is 143 Å². The molecule has 3 rings (SSSR count). The maximum Gasteiger partial charge on any atom is 0.276 e. The summed E-state index contributed by atoms with van der Waals surface area (Å²) < 4.78 is 1.47. The molecule has 0 aliphatic rings. The molecule has 0 saturated carbocycles. The standard InChI is InChI=1S/C17H15ClN4O2/c1-21(10-12-5-4-6-13(23)9-12)17(24)15-11-22(20-19-15)16-8-3-2-7-14(16)18/h2-9,11,23H,10H2,1H3. The lowest BCUT2D eigenvalue weighted by atomic mass is 10.2. The number of phenols is 1. The largest absolute Gasteiger partial charge is 0.508 e. The quantitative estimate of drug-likeness (QED) is 0.791. The molecule has 0 aliphatic heterocycles. The summed E-state index contributed by atoms with van der Waals surface area (Å²) in [6.45, 7) is 0.353. The molecule has 122 valence electrons. The van der Waals surface area contributed by atoms with Crippen LogP contribution < -0.4 is 0 Å². The number of hydrogen-bond donors (Lipinski definition) is 1. The Morgan fingerprint density at radius 1 is 1.25 bits per heavy atom. The van der Waals surface area contributed by atoms with Crippen LogP contribution in [-0.2, 0) is 6.54 Å². The second-order valence-electron chi connectivity index (χ2n) is 5.33. The van der Waals surface area contributed by atoms with Crippen molar-refractivity contribution in [1.82, 2.24) is 19.9 Å². The van der Waals surface area contributed by atoms with Gasteiger partial charge in [0.15, 0.2) is 5.69 Å². The van der Waals surface area contributed by atoms with Crippen LogP contribution in [0.4, 0.5) is 0 Å². The Hall–Kier alpha value is -2.86. The van der Waals surface area contributed by atoms with Crippen LogP contribution in [0.3, 0.4) is 0 Å². The second kappa shape index (κ2) is 6.72. The fraction of sp³-hybridized carbons (Fsp3) is 0.118. The molecule has 1 N–H and O–H groups in total. The summed E-state index contributed by atoms with van der Waals surface area (Å²) in [4.78, 5) is 14.0. The Kier molecular flexibility index (Phi) is 4.48. The number of para-hydroxylation sites is 1. The third-order valence-electron chi connectivity index (χ3n) is 3.49. The van der Waals surface area contributed by atoms with Crippen molar-refractivity contribution in [3.63, 3.8) is 0 Å². The molecule has 0 aliphatic carbocycles. The van der Waals surface area contributed by atoms with E-state index in [2.05, 4.69) is 10.3 Å². The van der Waals surface area contributed by atoms with Gasteiger partial charge in [0.25, 0.3) is 5.91 Å². The Bertz CT molecular complexity index is 878. The highest BCUT2D eigenvalue weighted by Gasteiger charge is 2.17. The summed E-state index contributed by atoms with van der Waals surface area (Å²) in [6, 6.07) is 14.0. The highest BCUT2D eigenvalue weighted by Crippen LogP contribution is 2.19. The van der Waals surface area contributed by atoms with Crippen LogP contribution in [0.15, 0.2) is 54.7 Å². The van der Waals surface area contributed by atoms with Gasteiger partial charge in [0, 0.05) is 13.6 Å². The van der Waals surface area contributed by atoms with Crippen molar-refractivity contribution in [2.45, 2.75) is 6.54 Å². The number of nitrogens with zero attached hydrogens (tertiary/aromatic N) is 4. The van der Waals surface area contributed by atoms with Crippen LogP contribution in [-0.4, -0.2) is 38.0 Å². The first-order valence-corrected chi connectivity index (χ1v) is 7.63. The van der Waals surface area contributed by atoms with Gasteiger partial charge in [-0.25, -0.2) is 4.68 Å². The van der Waals surface area contributed by atoms with Crippen LogP contribution in [0, 0.1) is 0 Å². The summed E-state index contributed by atoms with van der Waals surface area (Å²) in [7, 11) is 1.67. The number of aromatic hydroxyl groups is 1. The molecule has 24 heavy (non-hydrogen) atoms. The van der Waals surface area contributed by atoms with E-state index in [1.165, 1.54) is 9.58 Å². The molecular weight excluding hydrogens is 328 g/mol. The maximum atomic E-state index is 12.5. The lowest BCUT2D eigenvalue weighted by Crippen LogP contribution is -2.26. The van der Waals surface area contributed by atoms with Crippen molar-refractivity contribution < 1.29 is 9.90 Å². The molecule has 3 aromatic rings. The molecule has 0 atom stereocenters. The zero-order chi connectivity index (χ0) is 17.1. The summed E-state index contributed by atoms with van der Waals surface area (Å²) in [5, 5.41) is 17.9. The number of phenolic OH excluding ortho intramolecular Hbond substituents is 1. The van der Waals surface area contributed by atoms with E-state index >= 15 is 0 Å². The van der Waals surface area contributed by atoms with Gasteiger partial charge in [-0.3, -0.25) is 4.79 Å². The predicted molar refractivity (Wildman–Crippen MR) is 90.3 cm³/mol. The molecule has 1 amide bonds. The number of halogens is 1. The first-order valence-electron chi connectivity index (χ1n) is 7.25. The van der Waals surface area contributed by atoms with Crippen LogP contribution >= 0.6 is 11.6 Å². The third kappa shape index (κ3) is 3.38. The number of benzene rings is 2. The molecule has 6 nitrogen and oxygen atoms in total. The lowest BCUT2D eigenvalue weighted by Gasteiger charge is -2.15. The van der Waals surface area contributed by atoms with Crippen LogP contribution in [0.1, 0.15) is 16.1 Å². The van der Waals surface area contributed by atoms with E-state index in [0.717, 1.165) is 5.56 Å². The van der Waals surface area contributed by atoms with Crippen LogP contribution in [0.2, 0.25) is 5.02 Å². The number of hydrogen-bond acceptors (Lipinski definition) is 4. The monoisotopic (exact) mass is 342 g/mol. The van der Waals surface area contributed by atoms with Gasteiger partial charge in [-0.05, 0) is 29.8 Å². The second-order valence-corrected chi connectivity index (χ2v) is 5.74. The first kappa shape index (κ1) is 16.0.